The molecule has 8 nitrogen and oxygen atoms in total. The van der Waals surface area contributed by atoms with Crippen LogP contribution in [0.5, 0.6) is 0 Å². The van der Waals surface area contributed by atoms with Gasteiger partial charge in [-0.3, -0.25) is 4.79 Å². The lowest BCUT2D eigenvalue weighted by Crippen LogP contribution is -2.30. The predicted molar refractivity (Wildman–Crippen MR) is 116 cm³/mol. The van der Waals surface area contributed by atoms with Crippen molar-refractivity contribution in [3.63, 3.8) is 0 Å². The number of nitrogens with two attached hydrogens (primary N) is 1. The molecule has 0 unspecified atom stereocenters. The second kappa shape index (κ2) is 7.28. The third-order valence-electron chi connectivity index (χ3n) is 6.06. The standard InChI is InChI=1S/C21H22ClN7O/c1-24-21(30)12-7-5-11(6-8-12)20-28-17(18-19(23)25-10-26-29(18)20)15-9-13-3-2-4-14(22)16(13)27-15/h2-4,9-12,27H,5-8H2,1H3,(H,24,30)(H2,23,25,26)/t11-,12-. The van der Waals surface area contributed by atoms with E-state index in [2.05, 4.69) is 20.4 Å². The molecule has 1 aliphatic carbocycles. The SMILES string of the molecule is CNC(=O)[C@H]1CC[C@H](c2nc(-c3cc4cccc(Cl)c4[nH]3)c3c(N)ncnn32)CC1. The van der Waals surface area contributed by atoms with E-state index in [1.807, 2.05) is 24.3 Å². The van der Waals surface area contributed by atoms with Gasteiger partial charge in [-0.2, -0.15) is 5.10 Å². The van der Waals surface area contributed by atoms with Crippen LogP contribution in [0.3, 0.4) is 0 Å². The Labute approximate surface area is 177 Å². The number of hydrogen-bond donors (Lipinski definition) is 3. The van der Waals surface area contributed by atoms with Crippen LogP contribution >= 0.6 is 11.6 Å². The summed E-state index contributed by atoms with van der Waals surface area (Å²) >= 11 is 6.35. The Morgan fingerprint density at radius 3 is 2.83 bits per heavy atom. The summed E-state index contributed by atoms with van der Waals surface area (Å²) in [4.78, 5) is 24.5. The van der Waals surface area contributed by atoms with Gasteiger partial charge in [0.25, 0.3) is 0 Å². The quantitative estimate of drug-likeness (QED) is 0.466. The van der Waals surface area contributed by atoms with E-state index in [-0.39, 0.29) is 17.7 Å². The van der Waals surface area contributed by atoms with Gasteiger partial charge in [-0.25, -0.2) is 14.5 Å². The van der Waals surface area contributed by atoms with E-state index < -0.39 is 0 Å². The highest BCUT2D eigenvalue weighted by Crippen LogP contribution is 2.38. The number of aromatic amines is 1. The highest BCUT2D eigenvalue weighted by Gasteiger charge is 2.30. The average molecular weight is 424 g/mol. The molecule has 0 spiro atoms. The van der Waals surface area contributed by atoms with E-state index in [0.717, 1.165) is 48.1 Å². The summed E-state index contributed by atoms with van der Waals surface area (Å²) in [5, 5.41) is 8.86. The molecule has 154 valence electrons. The zero-order valence-corrected chi connectivity index (χ0v) is 17.3. The van der Waals surface area contributed by atoms with Gasteiger partial charge in [0.05, 0.1) is 16.2 Å². The first-order valence-corrected chi connectivity index (χ1v) is 10.4. The summed E-state index contributed by atoms with van der Waals surface area (Å²) in [5.74, 6) is 1.61. The van der Waals surface area contributed by atoms with Crippen LogP contribution < -0.4 is 11.1 Å². The molecular weight excluding hydrogens is 402 g/mol. The van der Waals surface area contributed by atoms with Crippen molar-refractivity contribution < 1.29 is 4.79 Å². The molecule has 0 bridgehead atoms. The van der Waals surface area contributed by atoms with E-state index in [9.17, 15) is 4.79 Å². The summed E-state index contributed by atoms with van der Waals surface area (Å²) in [5.41, 5.74) is 9.31. The summed E-state index contributed by atoms with van der Waals surface area (Å²) in [6, 6.07) is 7.78. The van der Waals surface area contributed by atoms with Crippen molar-refractivity contribution in [3.05, 3.63) is 41.4 Å². The molecule has 1 saturated carbocycles. The molecule has 0 atom stereocenters. The highest BCUT2D eigenvalue weighted by molar-refractivity contribution is 6.35. The minimum absolute atomic E-state index is 0.0625. The predicted octanol–water partition coefficient (Wildman–Crippen LogP) is 3.53. The lowest BCUT2D eigenvalue weighted by molar-refractivity contribution is -0.125. The Kier molecular flexibility index (Phi) is 4.58. The second-order valence-corrected chi connectivity index (χ2v) is 8.18. The first kappa shape index (κ1) is 18.9. The van der Waals surface area contributed by atoms with Crippen molar-refractivity contribution in [2.45, 2.75) is 31.6 Å². The van der Waals surface area contributed by atoms with Gasteiger partial charge in [0.15, 0.2) is 5.82 Å². The molecule has 1 aromatic carbocycles. The van der Waals surface area contributed by atoms with Gasteiger partial charge >= 0.3 is 0 Å². The van der Waals surface area contributed by atoms with Gasteiger partial charge in [-0.1, -0.05) is 23.7 Å². The summed E-state index contributed by atoms with van der Waals surface area (Å²) in [7, 11) is 1.69. The van der Waals surface area contributed by atoms with Crippen molar-refractivity contribution in [2.24, 2.45) is 5.92 Å². The Morgan fingerprint density at radius 1 is 1.30 bits per heavy atom. The van der Waals surface area contributed by atoms with Gasteiger partial charge in [-0.15, -0.1) is 0 Å². The number of anilines is 1. The number of benzene rings is 1. The summed E-state index contributed by atoms with van der Waals surface area (Å²) in [6.45, 7) is 0. The number of aromatic nitrogens is 5. The monoisotopic (exact) mass is 423 g/mol. The number of amides is 1. The maximum absolute atomic E-state index is 12.0. The topological polar surface area (TPSA) is 114 Å². The molecule has 0 aliphatic heterocycles. The molecular formula is C21H22ClN7O. The normalized spacial score (nSPS) is 19.4. The minimum Gasteiger partial charge on any atom is -0.382 e. The number of rotatable bonds is 3. The Morgan fingerprint density at radius 2 is 2.10 bits per heavy atom. The van der Waals surface area contributed by atoms with Gasteiger partial charge < -0.3 is 16.0 Å². The van der Waals surface area contributed by atoms with Crippen LogP contribution in [-0.2, 0) is 4.79 Å². The molecule has 30 heavy (non-hydrogen) atoms. The maximum atomic E-state index is 12.0. The third-order valence-corrected chi connectivity index (χ3v) is 6.37. The molecule has 3 heterocycles. The van der Waals surface area contributed by atoms with E-state index in [1.54, 1.807) is 11.6 Å². The number of hydrogen-bond acceptors (Lipinski definition) is 5. The third kappa shape index (κ3) is 2.99. The van der Waals surface area contributed by atoms with Gasteiger partial charge in [-0.05, 0) is 37.8 Å². The Balaban J connectivity index is 1.59. The molecule has 5 rings (SSSR count). The number of nitrogens with one attached hydrogen (secondary N) is 2. The molecule has 4 N–H and O–H groups in total. The van der Waals surface area contributed by atoms with Crippen LogP contribution in [0.2, 0.25) is 5.02 Å². The van der Waals surface area contributed by atoms with Crippen LogP contribution in [-0.4, -0.2) is 37.5 Å². The van der Waals surface area contributed by atoms with Crippen LogP contribution in [0.1, 0.15) is 37.4 Å². The number of nitrogens with zero attached hydrogens (tertiary/aromatic N) is 4. The zero-order chi connectivity index (χ0) is 20.8. The minimum atomic E-state index is 0.0625. The Hall–Kier alpha value is -3.13. The first-order chi connectivity index (χ1) is 14.6. The number of para-hydroxylation sites is 1. The molecule has 1 amide bonds. The number of halogens is 1. The summed E-state index contributed by atoms with van der Waals surface area (Å²) in [6.07, 6.45) is 4.86. The highest BCUT2D eigenvalue weighted by atomic mass is 35.5. The fourth-order valence-electron chi connectivity index (χ4n) is 4.49. The van der Waals surface area contributed by atoms with E-state index in [1.165, 1.54) is 6.33 Å². The molecule has 1 aliphatic rings. The smallest absolute Gasteiger partial charge is 0.222 e. The number of H-pyrrole nitrogens is 1. The molecule has 0 saturated heterocycles. The van der Waals surface area contributed by atoms with Gasteiger partial charge in [0, 0.05) is 24.3 Å². The number of nitrogen functional groups attached to an aromatic ring is 1. The maximum Gasteiger partial charge on any atom is 0.222 e. The van der Waals surface area contributed by atoms with Gasteiger partial charge in [0.1, 0.15) is 23.4 Å². The molecule has 4 aromatic rings. The average Bonchev–Trinajstić information content (AvgIpc) is 3.37. The van der Waals surface area contributed by atoms with Crippen molar-refractivity contribution in [2.75, 3.05) is 12.8 Å². The van der Waals surface area contributed by atoms with E-state index >= 15 is 0 Å². The van der Waals surface area contributed by atoms with Crippen LogP contribution in [0, 0.1) is 5.92 Å². The van der Waals surface area contributed by atoms with Crippen molar-refractivity contribution >= 4 is 39.7 Å². The number of fused-ring (bicyclic) bond motifs is 2. The van der Waals surface area contributed by atoms with Crippen molar-refractivity contribution in [1.82, 2.24) is 29.9 Å². The largest absolute Gasteiger partial charge is 0.382 e. The van der Waals surface area contributed by atoms with Crippen LogP contribution in [0.4, 0.5) is 5.82 Å². The van der Waals surface area contributed by atoms with Crippen LogP contribution in [0.15, 0.2) is 30.6 Å². The lowest BCUT2D eigenvalue weighted by Gasteiger charge is -2.26. The number of imidazole rings is 1. The van der Waals surface area contributed by atoms with E-state index in [4.69, 9.17) is 22.3 Å². The summed E-state index contributed by atoms with van der Waals surface area (Å²) < 4.78 is 1.80. The number of carbonyl (C=O) groups is 1. The molecule has 1 fully saturated rings. The molecule has 3 aromatic heterocycles. The molecule has 9 heteroatoms. The fourth-order valence-corrected chi connectivity index (χ4v) is 4.72. The van der Waals surface area contributed by atoms with E-state index in [0.29, 0.717) is 22.1 Å². The second-order valence-electron chi connectivity index (χ2n) is 7.77. The van der Waals surface area contributed by atoms with Crippen molar-refractivity contribution in [1.29, 1.82) is 0 Å². The van der Waals surface area contributed by atoms with Gasteiger partial charge in [0.2, 0.25) is 5.91 Å². The fraction of sp³-hybridized carbons (Fsp3) is 0.333. The lowest BCUT2D eigenvalue weighted by atomic mass is 9.81. The zero-order valence-electron chi connectivity index (χ0n) is 16.5. The first-order valence-electron chi connectivity index (χ1n) is 10.0. The number of carbonyl (C=O) groups excluding carboxylic acids is 1. The Bertz CT molecular complexity index is 1250. The molecule has 0 radical (unpaired) electrons. The van der Waals surface area contributed by atoms with Crippen LogP contribution in [0.25, 0.3) is 27.8 Å². The van der Waals surface area contributed by atoms with Crippen molar-refractivity contribution in [3.8, 4) is 11.4 Å².